The molecule has 0 aliphatic rings. The first-order valence-corrected chi connectivity index (χ1v) is 7.08. The third-order valence-electron chi connectivity index (χ3n) is 3.26. The average Bonchev–Trinajstić information content (AvgIpc) is 2.82. The second kappa shape index (κ2) is 5.55. The Hall–Kier alpha value is -2.18. The molecule has 3 aromatic rings. The van der Waals surface area contributed by atoms with Gasteiger partial charge in [-0.2, -0.15) is 5.10 Å². The Morgan fingerprint density at radius 1 is 1.32 bits per heavy atom. The molecule has 0 aliphatic heterocycles. The van der Waals surface area contributed by atoms with Crippen LogP contribution >= 0.6 is 23.2 Å². The van der Waals surface area contributed by atoms with Crippen molar-refractivity contribution >= 4 is 40.2 Å². The number of fused-ring (bicyclic) bond motifs is 1. The van der Waals surface area contributed by atoms with Crippen LogP contribution in [0.1, 0.15) is 21.7 Å². The van der Waals surface area contributed by atoms with Gasteiger partial charge in [-0.1, -0.05) is 29.3 Å². The van der Waals surface area contributed by atoms with E-state index in [4.69, 9.17) is 23.2 Å². The quantitative estimate of drug-likeness (QED) is 0.794. The smallest absolute Gasteiger partial charge is 0.357 e. The lowest BCUT2D eigenvalue weighted by atomic mass is 10.2. The van der Waals surface area contributed by atoms with Gasteiger partial charge in [-0.25, -0.2) is 19.4 Å². The van der Waals surface area contributed by atoms with Crippen molar-refractivity contribution in [3.8, 4) is 0 Å². The minimum absolute atomic E-state index is 0.0711. The first-order valence-electron chi connectivity index (χ1n) is 6.32. The van der Waals surface area contributed by atoms with Gasteiger partial charge in [0.2, 0.25) is 0 Å². The third-order valence-corrected chi connectivity index (χ3v) is 3.84. The third kappa shape index (κ3) is 2.51. The van der Waals surface area contributed by atoms with E-state index >= 15 is 0 Å². The van der Waals surface area contributed by atoms with Gasteiger partial charge in [-0.3, -0.25) is 0 Å². The lowest BCUT2D eigenvalue weighted by molar-refractivity contribution is 0.0691. The lowest BCUT2D eigenvalue weighted by Crippen LogP contribution is -2.05. The molecule has 0 saturated heterocycles. The van der Waals surface area contributed by atoms with Crippen molar-refractivity contribution < 1.29 is 9.90 Å². The number of hydrogen-bond acceptors (Lipinski definition) is 4. The van der Waals surface area contributed by atoms with Crippen molar-refractivity contribution in [2.45, 2.75) is 13.5 Å². The Labute approximate surface area is 135 Å². The molecule has 0 atom stereocenters. The zero-order valence-electron chi connectivity index (χ0n) is 11.4. The van der Waals surface area contributed by atoms with Crippen molar-refractivity contribution in [3.63, 3.8) is 0 Å². The number of carboxylic acids is 1. The average molecular weight is 337 g/mol. The number of nitrogens with zero attached hydrogens (tertiary/aromatic N) is 4. The van der Waals surface area contributed by atoms with Crippen molar-refractivity contribution in [1.82, 2.24) is 19.7 Å². The number of aromatic carboxylic acids is 1. The van der Waals surface area contributed by atoms with Crippen LogP contribution in [0.2, 0.25) is 10.0 Å². The predicted octanol–water partition coefficient (Wildman–Crippen LogP) is 3.19. The van der Waals surface area contributed by atoms with Gasteiger partial charge in [0.1, 0.15) is 6.33 Å². The van der Waals surface area contributed by atoms with E-state index in [1.807, 2.05) is 0 Å². The number of rotatable bonds is 3. The van der Waals surface area contributed by atoms with Crippen LogP contribution in [0.25, 0.3) is 11.0 Å². The summed E-state index contributed by atoms with van der Waals surface area (Å²) >= 11 is 12.0. The summed E-state index contributed by atoms with van der Waals surface area (Å²) in [6, 6.07) is 5.11. The number of hydrogen-bond donors (Lipinski definition) is 1. The number of carbonyl (C=O) groups is 1. The number of benzene rings is 1. The highest BCUT2D eigenvalue weighted by molar-refractivity contribution is 6.35. The maximum atomic E-state index is 11.4. The van der Waals surface area contributed by atoms with Crippen LogP contribution in [0.3, 0.4) is 0 Å². The molecule has 0 unspecified atom stereocenters. The molecular weight excluding hydrogens is 327 g/mol. The Morgan fingerprint density at radius 3 is 2.77 bits per heavy atom. The molecule has 0 aliphatic carbocycles. The molecule has 0 fully saturated rings. The van der Waals surface area contributed by atoms with Crippen LogP contribution in [-0.4, -0.2) is 30.8 Å². The van der Waals surface area contributed by atoms with Crippen molar-refractivity contribution in [1.29, 1.82) is 0 Å². The van der Waals surface area contributed by atoms with E-state index in [0.717, 1.165) is 5.56 Å². The van der Waals surface area contributed by atoms with Crippen LogP contribution in [-0.2, 0) is 6.54 Å². The molecule has 3 rings (SSSR count). The highest BCUT2D eigenvalue weighted by Gasteiger charge is 2.20. The molecule has 0 bridgehead atoms. The number of aromatic nitrogens is 4. The topological polar surface area (TPSA) is 80.9 Å². The highest BCUT2D eigenvalue weighted by Crippen LogP contribution is 2.24. The second-order valence-electron chi connectivity index (χ2n) is 4.70. The van der Waals surface area contributed by atoms with Gasteiger partial charge in [0.15, 0.2) is 11.3 Å². The molecule has 112 valence electrons. The Kier molecular flexibility index (Phi) is 3.72. The maximum Gasteiger partial charge on any atom is 0.357 e. The summed E-state index contributed by atoms with van der Waals surface area (Å²) in [6.45, 7) is 2.01. The van der Waals surface area contributed by atoms with E-state index in [1.165, 1.54) is 11.0 Å². The molecule has 22 heavy (non-hydrogen) atoms. The molecule has 8 heteroatoms. The molecule has 1 N–H and O–H groups in total. The molecule has 6 nitrogen and oxygen atoms in total. The fraction of sp³-hybridized carbons (Fsp3) is 0.143. The van der Waals surface area contributed by atoms with Crippen LogP contribution in [0.4, 0.5) is 0 Å². The fourth-order valence-corrected chi connectivity index (χ4v) is 2.69. The molecule has 0 saturated carbocycles. The van der Waals surface area contributed by atoms with Crippen molar-refractivity contribution in [3.05, 3.63) is 51.5 Å². The Bertz CT molecular complexity index is 892. The first-order chi connectivity index (χ1) is 10.5. The normalized spacial score (nSPS) is 11.0. The molecule has 0 spiro atoms. The number of carboxylic acid groups (broad SMARTS) is 1. The molecule has 2 heterocycles. The van der Waals surface area contributed by atoms with Crippen molar-refractivity contribution in [2.24, 2.45) is 0 Å². The summed E-state index contributed by atoms with van der Waals surface area (Å²) in [7, 11) is 0. The van der Waals surface area contributed by atoms with E-state index in [1.54, 1.807) is 25.1 Å². The summed E-state index contributed by atoms with van der Waals surface area (Å²) < 4.78 is 1.50. The van der Waals surface area contributed by atoms with Gasteiger partial charge in [0.25, 0.3) is 0 Å². The number of halogens is 2. The van der Waals surface area contributed by atoms with Crippen molar-refractivity contribution in [2.75, 3.05) is 0 Å². The summed E-state index contributed by atoms with van der Waals surface area (Å²) in [6.07, 6.45) is 1.38. The van der Waals surface area contributed by atoms with Gasteiger partial charge >= 0.3 is 5.97 Å². The standard InChI is InChI=1S/C14H10Cl2N4O2/c1-7-11-12(14(21)22)19-20(13(11)18-6-17-7)5-8-2-3-9(15)4-10(8)16/h2-4,6H,5H2,1H3,(H,21,22). The molecule has 1 aromatic carbocycles. The maximum absolute atomic E-state index is 11.4. The van der Waals surface area contributed by atoms with E-state index in [0.29, 0.717) is 26.8 Å². The Morgan fingerprint density at radius 2 is 2.09 bits per heavy atom. The zero-order valence-corrected chi connectivity index (χ0v) is 12.9. The van der Waals surface area contributed by atoms with Gasteiger partial charge in [0, 0.05) is 10.0 Å². The van der Waals surface area contributed by atoms with E-state index < -0.39 is 5.97 Å². The summed E-state index contributed by atoms with van der Waals surface area (Å²) in [4.78, 5) is 19.5. The molecule has 0 amide bonds. The van der Waals surface area contributed by atoms with Crippen LogP contribution in [0.15, 0.2) is 24.5 Å². The zero-order chi connectivity index (χ0) is 15.9. The minimum atomic E-state index is -1.12. The molecular formula is C14H10Cl2N4O2. The van der Waals surface area contributed by atoms with Crippen LogP contribution in [0, 0.1) is 6.92 Å². The Balaban J connectivity index is 2.15. The SMILES string of the molecule is Cc1ncnc2c1c(C(=O)O)nn2Cc1ccc(Cl)cc1Cl. The van der Waals surface area contributed by atoms with E-state index in [2.05, 4.69) is 15.1 Å². The fourth-order valence-electron chi connectivity index (χ4n) is 2.22. The van der Waals surface area contributed by atoms with Crippen LogP contribution in [0.5, 0.6) is 0 Å². The highest BCUT2D eigenvalue weighted by atomic mass is 35.5. The molecule has 2 aromatic heterocycles. The largest absolute Gasteiger partial charge is 0.476 e. The second-order valence-corrected chi connectivity index (χ2v) is 5.55. The predicted molar refractivity (Wildman–Crippen MR) is 82.6 cm³/mol. The number of aryl methyl sites for hydroxylation is 1. The first kappa shape index (κ1) is 14.7. The summed E-state index contributed by atoms with van der Waals surface area (Å²) in [5.41, 5.74) is 1.72. The van der Waals surface area contributed by atoms with Gasteiger partial charge in [-0.15, -0.1) is 0 Å². The van der Waals surface area contributed by atoms with Gasteiger partial charge in [0.05, 0.1) is 17.6 Å². The van der Waals surface area contributed by atoms with Gasteiger partial charge in [-0.05, 0) is 24.6 Å². The minimum Gasteiger partial charge on any atom is -0.476 e. The summed E-state index contributed by atoms with van der Waals surface area (Å²) in [5.74, 6) is -1.12. The van der Waals surface area contributed by atoms with Crippen LogP contribution < -0.4 is 0 Å². The van der Waals surface area contributed by atoms with Gasteiger partial charge < -0.3 is 5.11 Å². The van der Waals surface area contributed by atoms with E-state index in [9.17, 15) is 9.90 Å². The molecule has 0 radical (unpaired) electrons. The lowest BCUT2D eigenvalue weighted by Gasteiger charge is -2.06. The van der Waals surface area contributed by atoms with E-state index in [-0.39, 0.29) is 12.2 Å². The summed E-state index contributed by atoms with van der Waals surface area (Å²) in [5, 5.41) is 14.9. The monoisotopic (exact) mass is 336 g/mol.